The van der Waals surface area contributed by atoms with Crippen LogP contribution in [0.5, 0.6) is 0 Å². The van der Waals surface area contributed by atoms with Gasteiger partial charge in [0.2, 0.25) is 0 Å². The molecule has 1 aliphatic carbocycles. The van der Waals surface area contributed by atoms with Gasteiger partial charge >= 0.3 is 0 Å². The highest BCUT2D eigenvalue weighted by Crippen LogP contribution is 2.35. The monoisotopic (exact) mass is 462 g/mol. The number of imidazole rings is 1. The summed E-state index contributed by atoms with van der Waals surface area (Å²) < 4.78 is 15.3. The number of aryl methyl sites for hydroxylation is 1. The SMILES string of the molecule is CCc1nc2c(-c3ccc(Cl)cc3Cl)nccn2c1N(CCCF)CC1CCCCC1. The Hall–Kier alpha value is -1.85. The normalized spacial score (nSPS) is 15.0. The number of anilines is 1. The summed E-state index contributed by atoms with van der Waals surface area (Å²) in [5, 5.41) is 1.14. The maximum atomic E-state index is 13.1. The number of hydrogen-bond acceptors (Lipinski definition) is 3. The third-order valence-electron chi connectivity index (χ3n) is 6.17. The van der Waals surface area contributed by atoms with Crippen molar-refractivity contribution in [2.45, 2.75) is 51.9 Å². The van der Waals surface area contributed by atoms with Gasteiger partial charge in [0.25, 0.3) is 0 Å². The maximum absolute atomic E-state index is 13.1. The van der Waals surface area contributed by atoms with E-state index in [2.05, 4.69) is 21.2 Å². The van der Waals surface area contributed by atoms with Crippen molar-refractivity contribution in [2.24, 2.45) is 5.92 Å². The van der Waals surface area contributed by atoms with Crippen LogP contribution in [0.25, 0.3) is 16.9 Å². The van der Waals surface area contributed by atoms with Gasteiger partial charge in [-0.1, -0.05) is 49.4 Å². The average Bonchev–Trinajstić information content (AvgIpc) is 3.16. The van der Waals surface area contributed by atoms with Crippen LogP contribution in [0.15, 0.2) is 30.6 Å². The molecule has 7 heteroatoms. The fourth-order valence-corrected chi connectivity index (χ4v) is 5.17. The summed E-state index contributed by atoms with van der Waals surface area (Å²) in [6.07, 6.45) is 11.4. The molecule has 4 nitrogen and oxygen atoms in total. The number of nitrogens with zero attached hydrogens (tertiary/aromatic N) is 4. The Bertz CT molecular complexity index is 1030. The van der Waals surface area contributed by atoms with Gasteiger partial charge in [-0.2, -0.15) is 0 Å². The molecule has 4 rings (SSSR count). The van der Waals surface area contributed by atoms with Crippen LogP contribution < -0.4 is 4.90 Å². The molecular weight excluding hydrogens is 434 g/mol. The molecule has 0 radical (unpaired) electrons. The maximum Gasteiger partial charge on any atom is 0.165 e. The molecular formula is C24H29Cl2FN4. The molecule has 0 atom stereocenters. The predicted octanol–water partition coefficient (Wildman–Crippen LogP) is 7.01. The van der Waals surface area contributed by atoms with Crippen molar-refractivity contribution in [2.75, 3.05) is 24.7 Å². The summed E-state index contributed by atoms with van der Waals surface area (Å²) in [4.78, 5) is 11.9. The molecule has 0 spiro atoms. The fraction of sp³-hybridized carbons (Fsp3) is 0.500. The number of fused-ring (bicyclic) bond motifs is 1. The Labute approximate surface area is 193 Å². The quantitative estimate of drug-likeness (QED) is 0.360. The van der Waals surface area contributed by atoms with E-state index in [1.165, 1.54) is 32.1 Å². The molecule has 0 aliphatic heterocycles. The second kappa shape index (κ2) is 10.2. The first-order chi connectivity index (χ1) is 15.1. The molecule has 2 heterocycles. The topological polar surface area (TPSA) is 33.4 Å². The van der Waals surface area contributed by atoms with E-state index < -0.39 is 0 Å². The van der Waals surface area contributed by atoms with Crippen LogP contribution in [-0.4, -0.2) is 34.1 Å². The smallest absolute Gasteiger partial charge is 0.165 e. The summed E-state index contributed by atoms with van der Waals surface area (Å²) >= 11 is 12.6. The van der Waals surface area contributed by atoms with E-state index in [-0.39, 0.29) is 6.67 Å². The zero-order valence-electron chi connectivity index (χ0n) is 18.0. The van der Waals surface area contributed by atoms with E-state index >= 15 is 0 Å². The Morgan fingerprint density at radius 3 is 2.71 bits per heavy atom. The van der Waals surface area contributed by atoms with Crippen molar-refractivity contribution in [1.82, 2.24) is 14.4 Å². The highest BCUT2D eigenvalue weighted by atomic mass is 35.5. The van der Waals surface area contributed by atoms with Crippen molar-refractivity contribution >= 4 is 34.7 Å². The number of hydrogen-bond donors (Lipinski definition) is 0. The molecule has 2 aromatic heterocycles. The third kappa shape index (κ3) is 4.83. The molecule has 166 valence electrons. The molecule has 0 unspecified atom stereocenters. The van der Waals surface area contributed by atoms with Gasteiger partial charge in [0.05, 0.1) is 17.4 Å². The standard InChI is InChI=1S/C24H29Cl2FN4/c1-2-21-24(30(13-6-11-27)16-17-7-4-3-5-8-17)31-14-12-28-22(23(31)29-21)19-10-9-18(25)15-20(19)26/h9-10,12,14-15,17H,2-8,11,13,16H2,1H3. The fourth-order valence-electron chi connectivity index (χ4n) is 4.67. The van der Waals surface area contributed by atoms with E-state index in [1.807, 2.05) is 18.3 Å². The zero-order chi connectivity index (χ0) is 21.8. The van der Waals surface area contributed by atoms with Crippen LogP contribution in [-0.2, 0) is 6.42 Å². The van der Waals surface area contributed by atoms with Crippen molar-refractivity contribution in [3.8, 4) is 11.3 Å². The van der Waals surface area contributed by atoms with Gasteiger partial charge in [0.15, 0.2) is 5.65 Å². The van der Waals surface area contributed by atoms with Crippen molar-refractivity contribution in [1.29, 1.82) is 0 Å². The summed E-state index contributed by atoms with van der Waals surface area (Å²) in [6, 6.07) is 5.43. The number of aromatic nitrogens is 3. The lowest BCUT2D eigenvalue weighted by Gasteiger charge is -2.31. The van der Waals surface area contributed by atoms with Crippen LogP contribution in [0.4, 0.5) is 10.2 Å². The van der Waals surface area contributed by atoms with Gasteiger partial charge in [-0.15, -0.1) is 0 Å². The van der Waals surface area contributed by atoms with E-state index in [4.69, 9.17) is 28.2 Å². The zero-order valence-corrected chi connectivity index (χ0v) is 19.5. The van der Waals surface area contributed by atoms with Crippen molar-refractivity contribution in [3.05, 3.63) is 46.3 Å². The van der Waals surface area contributed by atoms with Gasteiger partial charge in [-0.3, -0.25) is 13.8 Å². The van der Waals surface area contributed by atoms with Crippen LogP contribution in [0, 0.1) is 5.92 Å². The third-order valence-corrected chi connectivity index (χ3v) is 6.72. The molecule has 1 saturated carbocycles. The van der Waals surface area contributed by atoms with E-state index in [0.717, 1.165) is 41.4 Å². The van der Waals surface area contributed by atoms with Crippen LogP contribution in [0.1, 0.15) is 51.1 Å². The Morgan fingerprint density at radius 1 is 1.19 bits per heavy atom. The van der Waals surface area contributed by atoms with Crippen LogP contribution in [0.3, 0.4) is 0 Å². The number of halogens is 3. The summed E-state index contributed by atoms with van der Waals surface area (Å²) in [7, 11) is 0. The van der Waals surface area contributed by atoms with Crippen LogP contribution in [0.2, 0.25) is 10.0 Å². The van der Waals surface area contributed by atoms with Gasteiger partial charge in [-0.25, -0.2) is 4.98 Å². The molecule has 0 saturated heterocycles. The van der Waals surface area contributed by atoms with E-state index in [9.17, 15) is 4.39 Å². The van der Waals surface area contributed by atoms with Gasteiger partial charge in [0, 0.05) is 36.1 Å². The lowest BCUT2D eigenvalue weighted by Crippen LogP contribution is -2.33. The molecule has 1 fully saturated rings. The first kappa shape index (κ1) is 22.3. The Morgan fingerprint density at radius 2 is 2.00 bits per heavy atom. The Balaban J connectivity index is 1.80. The molecule has 1 aromatic carbocycles. The summed E-state index contributed by atoms with van der Waals surface area (Å²) in [6.45, 7) is 3.43. The first-order valence-corrected chi connectivity index (χ1v) is 12.0. The largest absolute Gasteiger partial charge is 0.356 e. The predicted molar refractivity (Wildman–Crippen MR) is 127 cm³/mol. The summed E-state index contributed by atoms with van der Waals surface area (Å²) in [5.41, 5.74) is 3.31. The molecule has 31 heavy (non-hydrogen) atoms. The minimum Gasteiger partial charge on any atom is -0.356 e. The molecule has 0 amide bonds. The first-order valence-electron chi connectivity index (χ1n) is 11.2. The van der Waals surface area contributed by atoms with Gasteiger partial charge in [0.1, 0.15) is 11.5 Å². The average molecular weight is 463 g/mol. The number of benzene rings is 1. The van der Waals surface area contributed by atoms with E-state index in [0.29, 0.717) is 28.9 Å². The lowest BCUT2D eigenvalue weighted by atomic mass is 9.89. The Kier molecular flexibility index (Phi) is 7.34. The highest BCUT2D eigenvalue weighted by Gasteiger charge is 2.24. The minimum atomic E-state index is -0.313. The second-order valence-corrected chi connectivity index (χ2v) is 9.17. The van der Waals surface area contributed by atoms with E-state index in [1.54, 1.807) is 12.3 Å². The second-order valence-electron chi connectivity index (χ2n) is 8.32. The summed E-state index contributed by atoms with van der Waals surface area (Å²) in [5.74, 6) is 1.71. The van der Waals surface area contributed by atoms with Gasteiger partial charge < -0.3 is 4.90 Å². The van der Waals surface area contributed by atoms with Crippen LogP contribution >= 0.6 is 23.2 Å². The lowest BCUT2D eigenvalue weighted by molar-refractivity contribution is 0.354. The molecule has 3 aromatic rings. The molecule has 1 aliphatic rings. The highest BCUT2D eigenvalue weighted by molar-refractivity contribution is 6.36. The minimum absolute atomic E-state index is 0.313. The van der Waals surface area contributed by atoms with Gasteiger partial charge in [-0.05, 0) is 49.8 Å². The van der Waals surface area contributed by atoms with Crippen molar-refractivity contribution < 1.29 is 4.39 Å². The molecule has 0 N–H and O–H groups in total. The number of alkyl halides is 1. The van der Waals surface area contributed by atoms with Crippen molar-refractivity contribution in [3.63, 3.8) is 0 Å². The number of rotatable bonds is 8. The molecule has 0 bridgehead atoms.